The number of nitrogens with two attached hydrogens (primary N) is 1. The predicted octanol–water partition coefficient (Wildman–Crippen LogP) is 3.67. The van der Waals surface area contributed by atoms with Crippen molar-refractivity contribution in [2.45, 2.75) is 0 Å². The van der Waals surface area contributed by atoms with Gasteiger partial charge in [0.05, 0.1) is 10.0 Å². The fraction of sp³-hybridized carbons (Fsp3) is 0. The predicted molar refractivity (Wildman–Crippen MR) is 86.9 cm³/mol. The lowest BCUT2D eigenvalue weighted by Crippen LogP contribution is -2.12. The van der Waals surface area contributed by atoms with E-state index in [1.807, 2.05) is 0 Å². The molecule has 1 amide bonds. The van der Waals surface area contributed by atoms with Crippen LogP contribution in [-0.2, 0) is 0 Å². The summed E-state index contributed by atoms with van der Waals surface area (Å²) in [6.07, 6.45) is 0. The van der Waals surface area contributed by atoms with E-state index in [0.717, 1.165) is 0 Å². The van der Waals surface area contributed by atoms with Crippen LogP contribution in [0.25, 0.3) is 11.3 Å². The summed E-state index contributed by atoms with van der Waals surface area (Å²) in [5, 5.41) is 10.9. The zero-order chi connectivity index (χ0) is 16.4. The van der Waals surface area contributed by atoms with Crippen molar-refractivity contribution in [3.05, 3.63) is 58.2 Å². The first-order valence-corrected chi connectivity index (χ1v) is 7.24. The van der Waals surface area contributed by atoms with Gasteiger partial charge in [-0.1, -0.05) is 35.3 Å². The van der Waals surface area contributed by atoms with Gasteiger partial charge >= 0.3 is 0 Å². The van der Waals surface area contributed by atoms with E-state index in [9.17, 15) is 4.79 Å². The van der Waals surface area contributed by atoms with Gasteiger partial charge in [-0.05, 0) is 24.3 Å². The van der Waals surface area contributed by atoms with E-state index < -0.39 is 5.91 Å². The minimum atomic E-state index is -0.662. The number of halogens is 2. The minimum absolute atomic E-state index is 0.0664. The van der Waals surface area contributed by atoms with Crippen LogP contribution in [0.3, 0.4) is 0 Å². The van der Waals surface area contributed by atoms with Crippen molar-refractivity contribution < 1.29 is 9.53 Å². The molecule has 0 saturated carbocycles. The standard InChI is InChI=1S/C15H10Cl2N4O2/c16-11-5-4-10(7-12(11)17)23-9-3-1-2-8(6-9)13-14(15(18)22)20-21-19-13/h1-7H,(H2,18,22)(H,19,20,21). The highest BCUT2D eigenvalue weighted by Gasteiger charge is 2.15. The number of aromatic amines is 1. The molecule has 0 saturated heterocycles. The van der Waals surface area contributed by atoms with Crippen molar-refractivity contribution in [1.82, 2.24) is 15.4 Å². The molecule has 0 aliphatic rings. The summed E-state index contributed by atoms with van der Waals surface area (Å²) in [6.45, 7) is 0. The number of primary amides is 1. The largest absolute Gasteiger partial charge is 0.457 e. The molecule has 0 radical (unpaired) electrons. The number of nitrogens with zero attached hydrogens (tertiary/aromatic N) is 2. The highest BCUT2D eigenvalue weighted by Crippen LogP contribution is 2.31. The van der Waals surface area contributed by atoms with Crippen molar-refractivity contribution in [2.75, 3.05) is 0 Å². The van der Waals surface area contributed by atoms with Gasteiger partial charge in [-0.2, -0.15) is 15.4 Å². The molecule has 0 unspecified atom stereocenters. The summed E-state index contributed by atoms with van der Waals surface area (Å²) in [4.78, 5) is 11.3. The Balaban J connectivity index is 1.92. The number of rotatable bonds is 4. The van der Waals surface area contributed by atoms with Crippen molar-refractivity contribution in [1.29, 1.82) is 0 Å². The molecule has 0 fully saturated rings. The van der Waals surface area contributed by atoms with Gasteiger partial charge in [0.15, 0.2) is 5.69 Å². The van der Waals surface area contributed by atoms with Crippen LogP contribution in [0.1, 0.15) is 10.5 Å². The summed E-state index contributed by atoms with van der Waals surface area (Å²) in [5.41, 5.74) is 6.34. The number of hydrogen-bond acceptors (Lipinski definition) is 4. The zero-order valence-corrected chi connectivity index (χ0v) is 13.1. The maximum atomic E-state index is 11.3. The molecule has 8 heteroatoms. The quantitative estimate of drug-likeness (QED) is 0.751. The fourth-order valence-electron chi connectivity index (χ4n) is 1.99. The fourth-order valence-corrected chi connectivity index (χ4v) is 2.28. The molecule has 1 aromatic heterocycles. The van der Waals surface area contributed by atoms with Crippen LogP contribution < -0.4 is 10.5 Å². The number of H-pyrrole nitrogens is 1. The van der Waals surface area contributed by atoms with E-state index >= 15 is 0 Å². The van der Waals surface area contributed by atoms with Crippen molar-refractivity contribution in [2.24, 2.45) is 5.73 Å². The lowest BCUT2D eigenvalue weighted by Gasteiger charge is -2.08. The molecule has 0 spiro atoms. The molecule has 1 heterocycles. The molecule has 3 rings (SSSR count). The van der Waals surface area contributed by atoms with Gasteiger partial charge in [-0.25, -0.2) is 0 Å². The second kappa shape index (κ2) is 6.28. The summed E-state index contributed by atoms with van der Waals surface area (Å²) in [7, 11) is 0. The molecule has 23 heavy (non-hydrogen) atoms. The molecule has 2 aromatic carbocycles. The van der Waals surface area contributed by atoms with Gasteiger partial charge in [0.2, 0.25) is 0 Å². The lowest BCUT2D eigenvalue weighted by molar-refractivity contribution is 0.0996. The number of carbonyl (C=O) groups is 1. The van der Waals surface area contributed by atoms with Crippen molar-refractivity contribution in [3.63, 3.8) is 0 Å². The number of aromatic nitrogens is 3. The number of ether oxygens (including phenoxy) is 1. The molecule has 0 bridgehead atoms. The Morgan fingerprint density at radius 2 is 1.83 bits per heavy atom. The molecule has 3 N–H and O–H groups in total. The topological polar surface area (TPSA) is 93.9 Å². The Bertz CT molecular complexity index is 879. The monoisotopic (exact) mass is 348 g/mol. The van der Waals surface area contributed by atoms with Crippen LogP contribution in [-0.4, -0.2) is 21.3 Å². The lowest BCUT2D eigenvalue weighted by atomic mass is 10.1. The Labute approximate surface area is 141 Å². The number of hydrogen-bond donors (Lipinski definition) is 2. The molecular formula is C15H10Cl2N4O2. The van der Waals surface area contributed by atoms with Gasteiger partial charge < -0.3 is 10.5 Å². The van der Waals surface area contributed by atoms with Crippen LogP contribution in [0.4, 0.5) is 0 Å². The Hall–Kier alpha value is -2.57. The smallest absolute Gasteiger partial charge is 0.271 e. The van der Waals surface area contributed by atoms with Crippen LogP contribution in [0.2, 0.25) is 10.0 Å². The summed E-state index contributed by atoms with van der Waals surface area (Å²) in [5.74, 6) is 0.413. The molecule has 0 atom stereocenters. The summed E-state index contributed by atoms with van der Waals surface area (Å²) >= 11 is 11.8. The highest BCUT2D eigenvalue weighted by atomic mass is 35.5. The molecular weight excluding hydrogens is 339 g/mol. The van der Waals surface area contributed by atoms with E-state index in [1.165, 1.54) is 0 Å². The first kappa shape index (κ1) is 15.3. The van der Waals surface area contributed by atoms with E-state index in [0.29, 0.717) is 32.8 Å². The Morgan fingerprint density at radius 3 is 2.57 bits per heavy atom. The average Bonchev–Trinajstić information content (AvgIpc) is 3.01. The maximum absolute atomic E-state index is 11.3. The molecule has 3 aromatic rings. The van der Waals surface area contributed by atoms with Crippen LogP contribution in [0.5, 0.6) is 11.5 Å². The van der Waals surface area contributed by atoms with Gasteiger partial charge in [0.1, 0.15) is 17.2 Å². The number of carbonyl (C=O) groups excluding carboxylic acids is 1. The van der Waals surface area contributed by atoms with Crippen molar-refractivity contribution >= 4 is 29.1 Å². The molecule has 0 aliphatic carbocycles. The highest BCUT2D eigenvalue weighted by molar-refractivity contribution is 6.42. The second-order valence-corrected chi connectivity index (χ2v) is 5.41. The van der Waals surface area contributed by atoms with E-state index in [1.54, 1.807) is 42.5 Å². The van der Waals surface area contributed by atoms with Gasteiger partial charge in [-0.3, -0.25) is 4.79 Å². The molecule has 0 aliphatic heterocycles. The first-order valence-electron chi connectivity index (χ1n) is 6.48. The number of benzene rings is 2. The van der Waals surface area contributed by atoms with Crippen LogP contribution >= 0.6 is 23.2 Å². The van der Waals surface area contributed by atoms with E-state index in [2.05, 4.69) is 15.4 Å². The minimum Gasteiger partial charge on any atom is -0.457 e. The van der Waals surface area contributed by atoms with Gasteiger partial charge in [-0.15, -0.1) is 0 Å². The SMILES string of the molecule is NC(=O)c1n[nH]nc1-c1cccc(Oc2ccc(Cl)c(Cl)c2)c1. The zero-order valence-electron chi connectivity index (χ0n) is 11.6. The Morgan fingerprint density at radius 1 is 1.04 bits per heavy atom. The molecule has 6 nitrogen and oxygen atoms in total. The Kier molecular flexibility index (Phi) is 4.18. The van der Waals surface area contributed by atoms with Crippen LogP contribution in [0, 0.1) is 0 Å². The third-order valence-electron chi connectivity index (χ3n) is 3.02. The van der Waals surface area contributed by atoms with Gasteiger partial charge in [0.25, 0.3) is 5.91 Å². The average molecular weight is 349 g/mol. The number of amides is 1. The third-order valence-corrected chi connectivity index (χ3v) is 3.75. The molecule has 116 valence electrons. The normalized spacial score (nSPS) is 10.5. The second-order valence-electron chi connectivity index (χ2n) is 4.59. The van der Waals surface area contributed by atoms with E-state index in [-0.39, 0.29) is 5.69 Å². The third kappa shape index (κ3) is 3.28. The number of nitrogens with one attached hydrogen (secondary N) is 1. The summed E-state index contributed by atoms with van der Waals surface area (Å²) < 4.78 is 5.74. The van der Waals surface area contributed by atoms with Crippen LogP contribution in [0.15, 0.2) is 42.5 Å². The first-order chi connectivity index (χ1) is 11.0. The van der Waals surface area contributed by atoms with E-state index in [4.69, 9.17) is 33.7 Å². The van der Waals surface area contributed by atoms with Crippen molar-refractivity contribution in [3.8, 4) is 22.8 Å². The maximum Gasteiger partial charge on any atom is 0.271 e. The van der Waals surface area contributed by atoms with Gasteiger partial charge in [0, 0.05) is 11.6 Å². The summed E-state index contributed by atoms with van der Waals surface area (Å²) in [6, 6.07) is 12.0.